The van der Waals surface area contributed by atoms with Gasteiger partial charge in [-0.3, -0.25) is 9.98 Å². The number of unbranched alkanes of at least 4 members (excludes halogenated alkanes) is 2. The minimum Gasteiger partial charge on any atom is -0.294 e. The lowest BCUT2D eigenvalue weighted by molar-refractivity contribution is 0.265. The molecule has 0 bridgehead atoms. The molecule has 2 saturated carbocycles. The van der Waals surface area contributed by atoms with Gasteiger partial charge >= 0.3 is 0 Å². The number of aliphatic imine (C=N–C) groups is 2. The van der Waals surface area contributed by atoms with Gasteiger partial charge < -0.3 is 0 Å². The molecule has 0 amide bonds. The Kier molecular flexibility index (Phi) is 7.29. The first-order valence-electron chi connectivity index (χ1n) is 10.7. The Morgan fingerprint density at radius 1 is 0.720 bits per heavy atom. The normalized spacial score (nSPS) is 32.2. The third-order valence-corrected chi connectivity index (χ3v) is 5.82. The predicted molar refractivity (Wildman–Crippen MR) is 112 cm³/mol. The van der Waals surface area contributed by atoms with E-state index in [1.54, 1.807) is 0 Å². The van der Waals surface area contributed by atoms with Crippen LogP contribution in [0.5, 0.6) is 0 Å². The Morgan fingerprint density at radius 2 is 1.12 bits per heavy atom. The molecule has 0 aliphatic heterocycles. The minimum atomic E-state index is 0.456. The maximum absolute atomic E-state index is 4.93. The molecule has 0 radical (unpaired) electrons. The maximum atomic E-state index is 4.93. The lowest BCUT2D eigenvalue weighted by Crippen LogP contribution is -2.28. The first-order valence-corrected chi connectivity index (χ1v) is 10.7. The molecule has 2 unspecified atom stereocenters. The van der Waals surface area contributed by atoms with Crippen molar-refractivity contribution in [2.45, 2.75) is 99.3 Å². The predicted octanol–water partition coefficient (Wildman–Crippen LogP) is 6.73. The topological polar surface area (TPSA) is 24.7 Å². The van der Waals surface area contributed by atoms with Crippen LogP contribution in [0.1, 0.15) is 99.3 Å². The molecule has 2 nitrogen and oxygen atoms in total. The molecular weight excluding hydrogens is 304 g/mol. The van der Waals surface area contributed by atoms with Crippen molar-refractivity contribution < 1.29 is 0 Å². The lowest BCUT2D eigenvalue weighted by Gasteiger charge is -2.34. The van der Waals surface area contributed by atoms with Crippen molar-refractivity contribution in [1.82, 2.24) is 0 Å². The van der Waals surface area contributed by atoms with E-state index in [1.165, 1.54) is 69.2 Å². The third-order valence-electron chi connectivity index (χ3n) is 5.82. The number of nitrogens with zero attached hydrogens (tertiary/aromatic N) is 2. The van der Waals surface area contributed by atoms with Gasteiger partial charge in [-0.25, -0.2) is 0 Å². The summed E-state index contributed by atoms with van der Waals surface area (Å²) < 4.78 is 0. The van der Waals surface area contributed by atoms with Crippen molar-refractivity contribution in [1.29, 1.82) is 0 Å². The zero-order chi connectivity index (χ0) is 18.5. The first kappa shape index (κ1) is 20.6. The van der Waals surface area contributed by atoms with Crippen LogP contribution >= 0.6 is 0 Å². The molecule has 0 heterocycles. The Labute approximate surface area is 157 Å². The average molecular weight is 347 g/mol. The number of rotatable bonds is 6. The van der Waals surface area contributed by atoms with Gasteiger partial charge in [0.15, 0.2) is 0 Å². The van der Waals surface area contributed by atoms with Gasteiger partial charge in [0.05, 0.1) is 0 Å². The van der Waals surface area contributed by atoms with Crippen LogP contribution in [0.3, 0.4) is 0 Å². The molecule has 2 aliphatic carbocycles. The zero-order valence-electron chi connectivity index (χ0n) is 17.8. The maximum Gasteiger partial charge on any atom is 0.0388 e. The number of hydrogen-bond acceptors (Lipinski definition) is 2. The summed E-state index contributed by atoms with van der Waals surface area (Å²) in [4.78, 5) is 9.85. The van der Waals surface area contributed by atoms with E-state index in [4.69, 9.17) is 9.98 Å². The second-order valence-corrected chi connectivity index (χ2v) is 10.7. The summed E-state index contributed by atoms with van der Waals surface area (Å²) in [6, 6.07) is 0. The summed E-state index contributed by atoms with van der Waals surface area (Å²) >= 11 is 0. The molecular formula is C23H42N2. The van der Waals surface area contributed by atoms with Gasteiger partial charge in [-0.05, 0) is 80.5 Å². The van der Waals surface area contributed by atoms with E-state index in [2.05, 4.69) is 41.5 Å². The van der Waals surface area contributed by atoms with Crippen molar-refractivity contribution in [2.24, 2.45) is 32.7 Å². The van der Waals surface area contributed by atoms with Gasteiger partial charge in [0, 0.05) is 24.5 Å². The van der Waals surface area contributed by atoms with E-state index in [0.717, 1.165) is 24.9 Å². The van der Waals surface area contributed by atoms with Gasteiger partial charge in [-0.15, -0.1) is 0 Å². The van der Waals surface area contributed by atoms with Crippen LogP contribution < -0.4 is 0 Å². The average Bonchev–Trinajstić information content (AvgIpc) is 2.41. The molecule has 0 saturated heterocycles. The molecule has 144 valence electrons. The van der Waals surface area contributed by atoms with Crippen LogP contribution in [-0.4, -0.2) is 24.5 Å². The van der Waals surface area contributed by atoms with E-state index in [0.29, 0.717) is 10.8 Å². The largest absolute Gasteiger partial charge is 0.294 e. The van der Waals surface area contributed by atoms with Crippen LogP contribution in [0.4, 0.5) is 0 Å². The summed E-state index contributed by atoms with van der Waals surface area (Å²) in [7, 11) is 0. The van der Waals surface area contributed by atoms with Crippen LogP contribution in [0.25, 0.3) is 0 Å². The molecule has 2 rings (SSSR count). The Morgan fingerprint density at radius 3 is 1.48 bits per heavy atom. The van der Waals surface area contributed by atoms with E-state index in [9.17, 15) is 0 Å². The molecule has 0 aromatic rings. The van der Waals surface area contributed by atoms with Crippen molar-refractivity contribution in [2.75, 3.05) is 13.1 Å². The minimum absolute atomic E-state index is 0.456. The summed E-state index contributed by atoms with van der Waals surface area (Å²) in [5.41, 5.74) is 3.86. The summed E-state index contributed by atoms with van der Waals surface area (Å²) in [5, 5.41) is 0. The highest BCUT2D eigenvalue weighted by Gasteiger charge is 2.30. The second-order valence-electron chi connectivity index (χ2n) is 10.7. The van der Waals surface area contributed by atoms with Crippen LogP contribution in [-0.2, 0) is 0 Å². The van der Waals surface area contributed by atoms with Crippen molar-refractivity contribution >= 4 is 11.4 Å². The highest BCUT2D eigenvalue weighted by molar-refractivity contribution is 5.86. The monoisotopic (exact) mass is 346 g/mol. The van der Waals surface area contributed by atoms with Gasteiger partial charge in [-0.1, -0.05) is 41.5 Å². The quantitative estimate of drug-likeness (QED) is 0.476. The first-order chi connectivity index (χ1) is 11.7. The third kappa shape index (κ3) is 7.62. The molecule has 0 aromatic heterocycles. The van der Waals surface area contributed by atoms with Crippen molar-refractivity contribution in [3.63, 3.8) is 0 Å². The van der Waals surface area contributed by atoms with E-state index in [1.807, 2.05) is 0 Å². The smallest absolute Gasteiger partial charge is 0.0388 e. The van der Waals surface area contributed by atoms with Crippen molar-refractivity contribution in [3.05, 3.63) is 0 Å². The van der Waals surface area contributed by atoms with Gasteiger partial charge in [0.2, 0.25) is 0 Å². The van der Waals surface area contributed by atoms with Gasteiger partial charge in [-0.2, -0.15) is 0 Å². The van der Waals surface area contributed by atoms with Crippen LogP contribution in [0, 0.1) is 22.7 Å². The molecule has 0 spiro atoms. The summed E-state index contributed by atoms with van der Waals surface area (Å²) in [6.07, 6.45) is 11.3. The van der Waals surface area contributed by atoms with Crippen LogP contribution in [0.2, 0.25) is 0 Å². The molecule has 2 heteroatoms. The van der Waals surface area contributed by atoms with Crippen LogP contribution in [0.15, 0.2) is 9.98 Å². The Bertz CT molecular complexity index is 440. The standard InChI is InChI=1S/C23H42N2/c1-18-12-20(16-22(3,4)14-18)24-10-8-7-9-11-25-21-13-19(2)15-23(5,6)17-21/h18-19H,7-17H2,1-6H3. The van der Waals surface area contributed by atoms with E-state index < -0.39 is 0 Å². The molecule has 2 fully saturated rings. The molecule has 0 aromatic carbocycles. The number of hydrogen-bond donors (Lipinski definition) is 0. The molecule has 0 N–H and O–H groups in total. The van der Waals surface area contributed by atoms with Gasteiger partial charge in [0.25, 0.3) is 0 Å². The Balaban J connectivity index is 1.63. The molecule has 2 aliphatic rings. The van der Waals surface area contributed by atoms with E-state index in [-0.39, 0.29) is 0 Å². The fraction of sp³-hybridized carbons (Fsp3) is 0.913. The second kappa shape index (κ2) is 8.82. The summed E-state index contributed by atoms with van der Waals surface area (Å²) in [5.74, 6) is 1.61. The van der Waals surface area contributed by atoms with E-state index >= 15 is 0 Å². The fourth-order valence-electron chi connectivity index (χ4n) is 5.34. The molecule has 25 heavy (non-hydrogen) atoms. The highest BCUT2D eigenvalue weighted by Crippen LogP contribution is 2.37. The molecule has 2 atom stereocenters. The van der Waals surface area contributed by atoms with Crippen molar-refractivity contribution in [3.8, 4) is 0 Å². The fourth-order valence-corrected chi connectivity index (χ4v) is 5.34. The zero-order valence-corrected chi connectivity index (χ0v) is 17.8. The highest BCUT2D eigenvalue weighted by atomic mass is 14.8. The summed E-state index contributed by atoms with van der Waals surface area (Å²) in [6.45, 7) is 16.4. The SMILES string of the molecule is CC1CC(=NCCCCCN=C2CC(C)CC(C)(C)C2)CC(C)(C)C1. The Hall–Kier alpha value is -0.660. The van der Waals surface area contributed by atoms with Gasteiger partial charge in [0.1, 0.15) is 0 Å². The lowest BCUT2D eigenvalue weighted by atomic mass is 9.72.